The monoisotopic (exact) mass is 285 g/mol. The molecule has 0 spiro atoms. The average Bonchev–Trinajstić information content (AvgIpc) is 1.96. The summed E-state index contributed by atoms with van der Waals surface area (Å²) in [5.41, 5.74) is -0.550. The van der Waals surface area contributed by atoms with Crippen LogP contribution < -0.4 is 5.43 Å². The quantitative estimate of drug-likeness (QED) is 0.623. The van der Waals surface area contributed by atoms with Gasteiger partial charge in [-0.3, -0.25) is 4.79 Å². The molecule has 0 amide bonds. The fourth-order valence-corrected chi connectivity index (χ4v) is 1.41. The van der Waals surface area contributed by atoms with E-state index in [4.69, 9.17) is 0 Å². The molecule has 0 radical (unpaired) electrons. The third-order valence-corrected chi connectivity index (χ3v) is 2.08. The van der Waals surface area contributed by atoms with E-state index in [1.807, 2.05) is 0 Å². The van der Waals surface area contributed by atoms with E-state index in [0.717, 1.165) is 0 Å². The van der Waals surface area contributed by atoms with Crippen molar-refractivity contribution in [3.8, 4) is 0 Å². The highest BCUT2D eigenvalue weighted by Crippen LogP contribution is 2.18. The van der Waals surface area contributed by atoms with Crippen molar-refractivity contribution in [2.24, 2.45) is 0 Å². The number of nitrogens with one attached hydrogen (secondary N) is 1. The summed E-state index contributed by atoms with van der Waals surface area (Å²) in [7, 11) is 0. The van der Waals surface area contributed by atoms with Crippen molar-refractivity contribution < 1.29 is 8.78 Å². The Balaban J connectivity index is 3.38. The van der Waals surface area contributed by atoms with Gasteiger partial charge in [0.15, 0.2) is 5.43 Å². The lowest BCUT2D eigenvalue weighted by atomic mass is 10.2. The van der Waals surface area contributed by atoms with E-state index in [9.17, 15) is 13.6 Å². The Labute approximate surface area is 81.1 Å². The van der Waals surface area contributed by atoms with E-state index >= 15 is 0 Å². The molecule has 0 fully saturated rings. The highest BCUT2D eigenvalue weighted by Gasteiger charge is 2.13. The highest BCUT2D eigenvalue weighted by molar-refractivity contribution is 14.1. The van der Waals surface area contributed by atoms with Crippen LogP contribution in [0.4, 0.5) is 8.78 Å². The van der Waals surface area contributed by atoms with Crippen molar-refractivity contribution in [1.29, 1.82) is 0 Å². The Morgan fingerprint density at radius 2 is 2.17 bits per heavy atom. The minimum absolute atomic E-state index is 0.0883. The molecule has 5 heteroatoms. The number of aromatic nitrogens is 1. The van der Waals surface area contributed by atoms with Crippen molar-refractivity contribution in [3.05, 3.63) is 31.2 Å². The van der Waals surface area contributed by atoms with Crippen LogP contribution in [0, 0.1) is 10.6 Å². The van der Waals surface area contributed by atoms with E-state index in [1.165, 1.54) is 13.0 Å². The first-order valence-electron chi connectivity index (χ1n) is 3.20. The summed E-state index contributed by atoms with van der Waals surface area (Å²) < 4.78 is 24.9. The summed E-state index contributed by atoms with van der Waals surface area (Å²) in [6, 6.07) is 1.29. The zero-order valence-corrected chi connectivity index (χ0v) is 8.35. The molecule has 0 saturated heterocycles. The lowest BCUT2D eigenvalue weighted by Crippen LogP contribution is -2.11. The van der Waals surface area contributed by atoms with Gasteiger partial charge in [-0.2, -0.15) is 0 Å². The van der Waals surface area contributed by atoms with Crippen LogP contribution in [0.2, 0.25) is 0 Å². The second-order valence-electron chi connectivity index (χ2n) is 2.32. The molecular formula is C7H6F2INO. The van der Waals surface area contributed by atoms with Crippen LogP contribution in [0.1, 0.15) is 17.7 Å². The normalized spacial score (nSPS) is 10.8. The van der Waals surface area contributed by atoms with Gasteiger partial charge in [-0.25, -0.2) is 8.78 Å². The topological polar surface area (TPSA) is 32.9 Å². The standard InChI is InChI=1S/C7H6F2INO/c1-3-4(12)2-5(10)11-6(3)7(8)9/h2,7H,1H3,(H,11,12). The third kappa shape index (κ3) is 1.82. The molecule has 1 heterocycles. The second-order valence-corrected chi connectivity index (χ2v) is 3.48. The fraction of sp³-hybridized carbons (Fsp3) is 0.286. The van der Waals surface area contributed by atoms with Crippen LogP contribution in [-0.4, -0.2) is 4.98 Å². The molecule has 0 bridgehead atoms. The van der Waals surface area contributed by atoms with Crippen LogP contribution in [0.25, 0.3) is 0 Å². The maximum atomic E-state index is 12.2. The molecule has 1 aromatic rings. The zero-order chi connectivity index (χ0) is 9.30. The number of H-pyrrole nitrogens is 1. The molecule has 66 valence electrons. The predicted octanol–water partition coefficient (Wildman–Crippen LogP) is 2.23. The maximum Gasteiger partial charge on any atom is 0.278 e. The second kappa shape index (κ2) is 3.51. The van der Waals surface area contributed by atoms with Gasteiger partial charge in [-0.05, 0) is 29.5 Å². The van der Waals surface area contributed by atoms with Crippen molar-refractivity contribution >= 4 is 22.6 Å². The Kier molecular flexibility index (Phi) is 2.81. The minimum Gasteiger partial charge on any atom is -0.349 e. The fourth-order valence-electron chi connectivity index (χ4n) is 0.833. The van der Waals surface area contributed by atoms with E-state index in [2.05, 4.69) is 4.98 Å². The number of pyridine rings is 1. The Bertz CT molecular complexity index is 348. The van der Waals surface area contributed by atoms with Crippen LogP contribution in [-0.2, 0) is 0 Å². The summed E-state index contributed by atoms with van der Waals surface area (Å²) >= 11 is 1.79. The molecule has 0 saturated carbocycles. The van der Waals surface area contributed by atoms with Crippen LogP contribution in [0.15, 0.2) is 10.9 Å². The molecule has 0 aromatic carbocycles. The van der Waals surface area contributed by atoms with Gasteiger partial charge in [0.05, 0.1) is 9.39 Å². The molecule has 0 aliphatic carbocycles. The largest absolute Gasteiger partial charge is 0.349 e. The third-order valence-electron chi connectivity index (χ3n) is 1.50. The van der Waals surface area contributed by atoms with Crippen molar-refractivity contribution in [3.63, 3.8) is 0 Å². The summed E-state index contributed by atoms with van der Waals surface area (Å²) in [6.45, 7) is 1.39. The van der Waals surface area contributed by atoms with Crippen molar-refractivity contribution in [1.82, 2.24) is 4.98 Å². The first-order valence-corrected chi connectivity index (χ1v) is 4.27. The molecular weight excluding hydrogens is 279 g/mol. The summed E-state index contributed by atoms with van der Waals surface area (Å²) in [5.74, 6) is 0. The molecule has 0 unspecified atom stereocenters. The van der Waals surface area contributed by atoms with E-state index < -0.39 is 6.43 Å². The van der Waals surface area contributed by atoms with Crippen molar-refractivity contribution in [2.45, 2.75) is 13.3 Å². The Hall–Kier alpha value is -0.460. The smallest absolute Gasteiger partial charge is 0.278 e. The average molecular weight is 285 g/mol. The van der Waals surface area contributed by atoms with Gasteiger partial charge in [0, 0.05) is 11.6 Å². The first-order chi connectivity index (χ1) is 5.52. The van der Waals surface area contributed by atoms with Gasteiger partial charge in [-0.1, -0.05) is 0 Å². The van der Waals surface area contributed by atoms with Gasteiger partial charge in [-0.15, -0.1) is 0 Å². The number of hydrogen-bond acceptors (Lipinski definition) is 1. The molecule has 0 aliphatic rings. The highest BCUT2D eigenvalue weighted by atomic mass is 127. The van der Waals surface area contributed by atoms with Gasteiger partial charge >= 0.3 is 0 Å². The summed E-state index contributed by atoms with van der Waals surface area (Å²) in [5, 5.41) is 0. The molecule has 0 aliphatic heterocycles. The lowest BCUT2D eigenvalue weighted by molar-refractivity contribution is 0.145. The van der Waals surface area contributed by atoms with Crippen LogP contribution in [0.5, 0.6) is 0 Å². The van der Waals surface area contributed by atoms with E-state index in [-0.39, 0.29) is 16.7 Å². The van der Waals surface area contributed by atoms with Gasteiger partial charge in [0.25, 0.3) is 6.43 Å². The Morgan fingerprint density at radius 1 is 1.58 bits per heavy atom. The molecule has 12 heavy (non-hydrogen) atoms. The van der Waals surface area contributed by atoms with Crippen LogP contribution >= 0.6 is 22.6 Å². The molecule has 1 aromatic heterocycles. The predicted molar refractivity (Wildman–Crippen MR) is 49.5 cm³/mol. The lowest BCUT2D eigenvalue weighted by Gasteiger charge is -2.03. The summed E-state index contributed by atoms with van der Waals surface area (Å²) in [6.07, 6.45) is -2.62. The number of halogens is 3. The first kappa shape index (κ1) is 9.63. The van der Waals surface area contributed by atoms with Gasteiger partial charge < -0.3 is 4.98 Å². The van der Waals surface area contributed by atoms with Gasteiger partial charge in [0.2, 0.25) is 0 Å². The minimum atomic E-state index is -2.62. The molecule has 1 N–H and O–H groups in total. The number of hydrogen-bond donors (Lipinski definition) is 1. The number of rotatable bonds is 1. The maximum absolute atomic E-state index is 12.2. The number of alkyl halides is 2. The molecule has 1 rings (SSSR count). The van der Waals surface area contributed by atoms with E-state index in [0.29, 0.717) is 3.70 Å². The van der Waals surface area contributed by atoms with Crippen LogP contribution in [0.3, 0.4) is 0 Å². The zero-order valence-electron chi connectivity index (χ0n) is 6.20. The SMILES string of the molecule is Cc1c(C(F)F)[nH]c(I)cc1=O. The summed E-state index contributed by atoms with van der Waals surface area (Å²) in [4.78, 5) is 13.5. The molecule has 2 nitrogen and oxygen atoms in total. The van der Waals surface area contributed by atoms with Crippen molar-refractivity contribution in [2.75, 3.05) is 0 Å². The molecule has 0 atom stereocenters. The van der Waals surface area contributed by atoms with Gasteiger partial charge in [0.1, 0.15) is 0 Å². The Morgan fingerprint density at radius 3 is 2.67 bits per heavy atom. The van der Waals surface area contributed by atoms with E-state index in [1.54, 1.807) is 22.6 Å². The number of aromatic amines is 1.